The van der Waals surface area contributed by atoms with Crippen molar-refractivity contribution in [3.63, 3.8) is 0 Å². The molecule has 106 valence electrons. The Labute approximate surface area is 115 Å². The van der Waals surface area contributed by atoms with Crippen LogP contribution < -0.4 is 0 Å². The second-order valence-electron chi connectivity index (χ2n) is 4.09. The minimum absolute atomic E-state index is 0.715. The summed E-state index contributed by atoms with van der Waals surface area (Å²) in [5.74, 6) is 0. The third-order valence-corrected chi connectivity index (χ3v) is 6.02. The quantitative estimate of drug-likeness (QED) is 0.361. The Kier molecular flexibility index (Phi) is 12.4. The van der Waals surface area contributed by atoms with Gasteiger partial charge in [0.15, 0.2) is 0 Å². The van der Waals surface area contributed by atoms with Crippen molar-refractivity contribution in [1.82, 2.24) is 0 Å². The standard InChI is InChI=1S/C12H28BrO3P/c1-4-7-10-14-17(13,15-11-8-5-2)16-12-9-6-3/h17H,4-12H2,1-3H3. The number of hydrogen-bond donors (Lipinski definition) is 0. The summed E-state index contributed by atoms with van der Waals surface area (Å²) >= 11 is 3.55. The van der Waals surface area contributed by atoms with Crippen molar-refractivity contribution in [1.29, 1.82) is 0 Å². The van der Waals surface area contributed by atoms with E-state index in [1.807, 2.05) is 0 Å². The fourth-order valence-corrected chi connectivity index (χ4v) is 4.01. The first-order valence-electron chi connectivity index (χ1n) is 6.79. The predicted octanol–water partition coefficient (Wildman–Crippen LogP) is 5.24. The van der Waals surface area contributed by atoms with Crippen LogP contribution >= 0.6 is 22.1 Å². The van der Waals surface area contributed by atoms with Crippen molar-refractivity contribution < 1.29 is 13.6 Å². The van der Waals surface area contributed by atoms with Gasteiger partial charge in [-0.3, -0.25) is 0 Å². The molecular formula is C12H28BrO3P. The van der Waals surface area contributed by atoms with Gasteiger partial charge in [-0.25, -0.2) is 0 Å². The first kappa shape index (κ1) is 17.8. The van der Waals surface area contributed by atoms with Gasteiger partial charge in [0.1, 0.15) is 0 Å². The van der Waals surface area contributed by atoms with Gasteiger partial charge in [-0.2, -0.15) is 0 Å². The third-order valence-electron chi connectivity index (χ3n) is 2.32. The van der Waals surface area contributed by atoms with Crippen LogP contribution in [0, 0.1) is 0 Å². The van der Waals surface area contributed by atoms with E-state index < -0.39 is 6.65 Å². The molecule has 0 bridgehead atoms. The Hall–Kier alpha value is 0.790. The van der Waals surface area contributed by atoms with Gasteiger partial charge in [-0.1, -0.05) is 0 Å². The molecule has 0 amide bonds. The number of halogens is 1. The molecule has 0 radical (unpaired) electrons. The summed E-state index contributed by atoms with van der Waals surface area (Å²) in [5, 5.41) is 0. The van der Waals surface area contributed by atoms with Crippen LogP contribution in [0.15, 0.2) is 0 Å². The van der Waals surface area contributed by atoms with E-state index in [-0.39, 0.29) is 0 Å². The molecule has 0 rings (SSSR count). The third kappa shape index (κ3) is 10.4. The van der Waals surface area contributed by atoms with Crippen LogP contribution in [0.2, 0.25) is 0 Å². The molecule has 0 aromatic rings. The van der Waals surface area contributed by atoms with E-state index in [0.29, 0.717) is 19.8 Å². The molecule has 0 spiro atoms. The fourth-order valence-electron chi connectivity index (χ4n) is 1.14. The Balaban J connectivity index is 3.95. The molecule has 0 saturated carbocycles. The number of unbranched alkanes of at least 4 members (excludes halogenated alkanes) is 3. The van der Waals surface area contributed by atoms with Gasteiger partial charge in [-0.05, 0) is 0 Å². The van der Waals surface area contributed by atoms with Crippen LogP contribution in [0.1, 0.15) is 59.3 Å². The SMILES string of the molecule is CCCCO[PH](Br)(OCCCC)OCCCC. The van der Waals surface area contributed by atoms with Gasteiger partial charge >= 0.3 is 115 Å². The van der Waals surface area contributed by atoms with Crippen molar-refractivity contribution in [2.75, 3.05) is 19.8 Å². The number of hydrogen-bond acceptors (Lipinski definition) is 3. The van der Waals surface area contributed by atoms with Crippen LogP contribution in [0.5, 0.6) is 0 Å². The second kappa shape index (κ2) is 11.9. The van der Waals surface area contributed by atoms with Crippen LogP contribution in [-0.4, -0.2) is 19.8 Å². The molecule has 0 aliphatic rings. The van der Waals surface area contributed by atoms with Crippen LogP contribution in [0.25, 0.3) is 0 Å². The molecule has 0 aromatic heterocycles. The Morgan fingerprint density at radius 2 is 1.00 bits per heavy atom. The van der Waals surface area contributed by atoms with E-state index in [1.165, 1.54) is 0 Å². The Morgan fingerprint density at radius 1 is 0.706 bits per heavy atom. The zero-order valence-electron chi connectivity index (χ0n) is 11.5. The Bertz CT molecular complexity index is 143. The maximum absolute atomic E-state index is 5.77. The summed E-state index contributed by atoms with van der Waals surface area (Å²) in [5.41, 5.74) is 0. The first-order valence-corrected chi connectivity index (χ1v) is 10.8. The first-order chi connectivity index (χ1) is 8.18. The summed E-state index contributed by atoms with van der Waals surface area (Å²) in [6.07, 6.45) is 6.53. The maximum atomic E-state index is 5.77. The van der Waals surface area contributed by atoms with Crippen molar-refractivity contribution in [3.8, 4) is 0 Å². The van der Waals surface area contributed by atoms with Crippen molar-refractivity contribution >= 4 is 22.1 Å². The summed E-state index contributed by atoms with van der Waals surface area (Å²) in [7, 11) is 0. The molecule has 0 aliphatic heterocycles. The molecule has 17 heavy (non-hydrogen) atoms. The van der Waals surface area contributed by atoms with Gasteiger partial charge in [0.2, 0.25) is 0 Å². The van der Waals surface area contributed by atoms with Crippen LogP contribution in [0.4, 0.5) is 0 Å². The van der Waals surface area contributed by atoms with Gasteiger partial charge in [0.05, 0.1) is 0 Å². The molecule has 0 aromatic carbocycles. The molecule has 0 saturated heterocycles. The average molecular weight is 331 g/mol. The normalized spacial score (nSPS) is 12.9. The van der Waals surface area contributed by atoms with Gasteiger partial charge < -0.3 is 0 Å². The zero-order chi connectivity index (χ0) is 13.0. The molecule has 0 unspecified atom stereocenters. The molecule has 0 aliphatic carbocycles. The topological polar surface area (TPSA) is 27.7 Å². The van der Waals surface area contributed by atoms with Crippen LogP contribution in [-0.2, 0) is 13.6 Å². The molecule has 5 heteroatoms. The molecule has 0 atom stereocenters. The summed E-state index contributed by atoms with van der Waals surface area (Å²) < 4.78 is 17.3. The van der Waals surface area contributed by atoms with E-state index in [2.05, 4.69) is 36.3 Å². The van der Waals surface area contributed by atoms with Crippen molar-refractivity contribution in [2.45, 2.75) is 59.3 Å². The van der Waals surface area contributed by atoms with Crippen molar-refractivity contribution in [3.05, 3.63) is 0 Å². The summed E-state index contributed by atoms with van der Waals surface area (Å²) in [6, 6.07) is 0. The monoisotopic (exact) mass is 330 g/mol. The molecule has 0 N–H and O–H groups in total. The molecule has 0 fully saturated rings. The average Bonchev–Trinajstić information content (AvgIpc) is 2.30. The van der Waals surface area contributed by atoms with E-state index in [1.54, 1.807) is 0 Å². The Morgan fingerprint density at radius 3 is 1.24 bits per heavy atom. The second-order valence-corrected chi connectivity index (χ2v) is 8.83. The van der Waals surface area contributed by atoms with Gasteiger partial charge in [0.25, 0.3) is 0 Å². The van der Waals surface area contributed by atoms with E-state index in [0.717, 1.165) is 38.5 Å². The summed E-state index contributed by atoms with van der Waals surface area (Å²) in [4.78, 5) is 0. The van der Waals surface area contributed by atoms with Gasteiger partial charge in [-0.15, -0.1) is 0 Å². The predicted molar refractivity (Wildman–Crippen MR) is 79.8 cm³/mol. The minimum atomic E-state index is -2.55. The molecular weight excluding hydrogens is 303 g/mol. The zero-order valence-corrected chi connectivity index (χ0v) is 14.1. The van der Waals surface area contributed by atoms with E-state index in [9.17, 15) is 0 Å². The molecule has 3 nitrogen and oxygen atoms in total. The fraction of sp³-hybridized carbons (Fsp3) is 1.00. The van der Waals surface area contributed by atoms with Crippen molar-refractivity contribution in [2.24, 2.45) is 0 Å². The summed E-state index contributed by atoms with van der Waals surface area (Å²) in [6.45, 7) is 6.04. The molecule has 0 heterocycles. The van der Waals surface area contributed by atoms with E-state index >= 15 is 0 Å². The van der Waals surface area contributed by atoms with Gasteiger partial charge in [0, 0.05) is 0 Å². The van der Waals surface area contributed by atoms with E-state index in [4.69, 9.17) is 13.6 Å². The number of rotatable bonds is 12. The van der Waals surface area contributed by atoms with Crippen LogP contribution in [0.3, 0.4) is 0 Å².